The van der Waals surface area contributed by atoms with E-state index in [-0.39, 0.29) is 5.76 Å². The van der Waals surface area contributed by atoms with Crippen LogP contribution in [0, 0.1) is 6.92 Å². The van der Waals surface area contributed by atoms with E-state index in [0.29, 0.717) is 16.8 Å². The number of oxazole rings is 1. The van der Waals surface area contributed by atoms with Crippen LogP contribution in [0.3, 0.4) is 0 Å². The van der Waals surface area contributed by atoms with Gasteiger partial charge in [0, 0.05) is 15.9 Å². The van der Waals surface area contributed by atoms with Gasteiger partial charge in [0.2, 0.25) is 0 Å². The number of aldehydes is 1. The summed E-state index contributed by atoms with van der Waals surface area (Å²) in [6, 6.07) is 0. The summed E-state index contributed by atoms with van der Waals surface area (Å²) in [5.41, 5.74) is 0.608. The van der Waals surface area contributed by atoms with Crippen LogP contribution in [0.15, 0.2) is 9.22 Å². The molecule has 0 saturated carbocycles. The number of hydrogen-bond donors (Lipinski definition) is 0. The number of nitrogens with zero attached hydrogens (tertiary/aromatic N) is 1. The minimum atomic E-state index is 0.280. The molecular formula is C5H4BrNO2. The third-order valence-electron chi connectivity index (χ3n) is 0.913. The van der Waals surface area contributed by atoms with Gasteiger partial charge in [0.15, 0.2) is 12.0 Å². The van der Waals surface area contributed by atoms with Gasteiger partial charge in [-0.3, -0.25) is 4.79 Å². The van der Waals surface area contributed by atoms with Crippen molar-refractivity contribution in [1.82, 2.24) is 4.98 Å². The van der Waals surface area contributed by atoms with Crippen LogP contribution in [0.2, 0.25) is 0 Å². The Morgan fingerprint density at radius 3 is 2.67 bits per heavy atom. The highest BCUT2D eigenvalue weighted by molar-refractivity contribution is 9.10. The van der Waals surface area contributed by atoms with Crippen molar-refractivity contribution >= 4 is 22.2 Å². The van der Waals surface area contributed by atoms with Crippen LogP contribution in [0.5, 0.6) is 0 Å². The van der Waals surface area contributed by atoms with E-state index in [1.54, 1.807) is 6.92 Å². The molecule has 0 aromatic carbocycles. The van der Waals surface area contributed by atoms with Gasteiger partial charge in [0.1, 0.15) is 0 Å². The Kier molecular flexibility index (Phi) is 1.66. The van der Waals surface area contributed by atoms with E-state index in [0.717, 1.165) is 0 Å². The van der Waals surface area contributed by atoms with Crippen molar-refractivity contribution in [3.63, 3.8) is 0 Å². The summed E-state index contributed by atoms with van der Waals surface area (Å²) >= 11 is 2.99. The van der Waals surface area contributed by atoms with Gasteiger partial charge in [0.05, 0.1) is 5.69 Å². The molecule has 0 bridgehead atoms. The number of halogens is 1. The number of hydrogen-bond acceptors (Lipinski definition) is 3. The third-order valence-corrected chi connectivity index (χ3v) is 1.25. The van der Waals surface area contributed by atoms with Crippen LogP contribution in [-0.4, -0.2) is 11.3 Å². The van der Waals surface area contributed by atoms with E-state index < -0.39 is 0 Å². The quantitative estimate of drug-likeness (QED) is 0.631. The molecule has 0 spiro atoms. The third kappa shape index (κ3) is 1.18. The fraction of sp³-hybridized carbons (Fsp3) is 0.200. The predicted molar refractivity (Wildman–Crippen MR) is 34.3 cm³/mol. The Bertz CT molecular complexity index is 231. The standard InChI is InChI=1S/C5H4BrNO2/c1-3-4(2-8)9-5(6)7-3/h2H,1H3. The van der Waals surface area contributed by atoms with Gasteiger partial charge < -0.3 is 4.42 Å². The molecule has 0 amide bonds. The summed E-state index contributed by atoms with van der Waals surface area (Å²) in [7, 11) is 0. The second-order valence-corrected chi connectivity index (χ2v) is 2.21. The van der Waals surface area contributed by atoms with Crippen molar-refractivity contribution in [2.24, 2.45) is 0 Å². The zero-order chi connectivity index (χ0) is 6.85. The van der Waals surface area contributed by atoms with Crippen molar-refractivity contribution in [2.75, 3.05) is 0 Å². The van der Waals surface area contributed by atoms with Gasteiger partial charge in [-0.05, 0) is 6.92 Å². The first-order valence-electron chi connectivity index (χ1n) is 2.32. The van der Waals surface area contributed by atoms with Gasteiger partial charge >= 0.3 is 0 Å². The maximum atomic E-state index is 10.1. The SMILES string of the molecule is Cc1nc(Br)oc1C=O. The number of rotatable bonds is 1. The highest BCUT2D eigenvalue weighted by Crippen LogP contribution is 2.12. The van der Waals surface area contributed by atoms with Crippen molar-refractivity contribution in [1.29, 1.82) is 0 Å². The van der Waals surface area contributed by atoms with Crippen LogP contribution < -0.4 is 0 Å². The molecule has 0 unspecified atom stereocenters. The van der Waals surface area contributed by atoms with Crippen LogP contribution in [0.25, 0.3) is 0 Å². The van der Waals surface area contributed by atoms with Gasteiger partial charge in [0.25, 0.3) is 4.80 Å². The minimum absolute atomic E-state index is 0.280. The van der Waals surface area contributed by atoms with Crippen LogP contribution in [-0.2, 0) is 0 Å². The van der Waals surface area contributed by atoms with Gasteiger partial charge in [-0.15, -0.1) is 0 Å². The lowest BCUT2D eigenvalue weighted by Gasteiger charge is -1.75. The first-order valence-corrected chi connectivity index (χ1v) is 3.11. The molecule has 4 heteroatoms. The van der Waals surface area contributed by atoms with E-state index in [1.165, 1.54) is 0 Å². The summed E-state index contributed by atoms with van der Waals surface area (Å²) in [4.78, 5) is 14.2. The van der Waals surface area contributed by atoms with Gasteiger partial charge in [-0.1, -0.05) is 0 Å². The van der Waals surface area contributed by atoms with Gasteiger partial charge in [-0.2, -0.15) is 0 Å². The van der Waals surface area contributed by atoms with Crippen LogP contribution in [0.1, 0.15) is 16.2 Å². The molecule has 48 valence electrons. The number of aryl methyl sites for hydroxylation is 1. The fourth-order valence-corrected chi connectivity index (χ4v) is 0.924. The van der Waals surface area contributed by atoms with E-state index in [4.69, 9.17) is 4.42 Å². The molecular weight excluding hydrogens is 186 g/mol. The van der Waals surface area contributed by atoms with E-state index in [9.17, 15) is 4.79 Å². The predicted octanol–water partition coefficient (Wildman–Crippen LogP) is 1.56. The molecule has 1 rings (SSSR count). The first kappa shape index (κ1) is 6.48. The number of aromatic nitrogens is 1. The Morgan fingerprint density at radius 1 is 1.78 bits per heavy atom. The Hall–Kier alpha value is -0.640. The molecule has 0 fully saturated rings. The Morgan fingerprint density at radius 2 is 2.44 bits per heavy atom. The zero-order valence-corrected chi connectivity index (χ0v) is 6.31. The van der Waals surface area contributed by atoms with Crippen molar-refractivity contribution in [3.8, 4) is 0 Å². The maximum absolute atomic E-state index is 10.1. The molecule has 0 radical (unpaired) electrons. The fourth-order valence-electron chi connectivity index (χ4n) is 0.484. The maximum Gasteiger partial charge on any atom is 0.264 e. The smallest absolute Gasteiger partial charge is 0.264 e. The molecule has 0 aliphatic carbocycles. The monoisotopic (exact) mass is 189 g/mol. The molecule has 9 heavy (non-hydrogen) atoms. The molecule has 0 aliphatic rings. The zero-order valence-electron chi connectivity index (χ0n) is 4.72. The topological polar surface area (TPSA) is 43.1 Å². The summed E-state index contributed by atoms with van der Waals surface area (Å²) in [5, 5.41) is 0. The lowest BCUT2D eigenvalue weighted by atomic mass is 10.4. The highest BCUT2D eigenvalue weighted by atomic mass is 79.9. The normalized spacial score (nSPS) is 9.56. The summed E-state index contributed by atoms with van der Waals surface area (Å²) in [6.07, 6.45) is 0.632. The summed E-state index contributed by atoms with van der Waals surface area (Å²) in [6.45, 7) is 1.71. The lowest BCUT2D eigenvalue weighted by molar-refractivity contribution is 0.109. The molecule has 1 aromatic heterocycles. The van der Waals surface area contributed by atoms with Crippen LogP contribution in [0.4, 0.5) is 0 Å². The van der Waals surface area contributed by atoms with Gasteiger partial charge in [-0.25, -0.2) is 4.98 Å². The lowest BCUT2D eigenvalue weighted by Crippen LogP contribution is -1.77. The average molecular weight is 190 g/mol. The van der Waals surface area contributed by atoms with Crippen LogP contribution >= 0.6 is 15.9 Å². The van der Waals surface area contributed by atoms with E-state index >= 15 is 0 Å². The minimum Gasteiger partial charge on any atom is -0.428 e. The summed E-state index contributed by atoms with van der Waals surface area (Å²) < 4.78 is 4.80. The number of carbonyl (C=O) groups is 1. The van der Waals surface area contributed by atoms with Crippen molar-refractivity contribution < 1.29 is 9.21 Å². The molecule has 1 heterocycles. The molecule has 0 saturated heterocycles. The molecule has 3 nitrogen and oxygen atoms in total. The first-order chi connectivity index (χ1) is 4.24. The molecule has 0 atom stereocenters. The molecule has 0 N–H and O–H groups in total. The average Bonchev–Trinajstić information content (AvgIpc) is 2.10. The molecule has 1 aromatic rings. The Balaban J connectivity index is 3.15. The largest absolute Gasteiger partial charge is 0.428 e. The Labute approximate surface area is 60.2 Å². The van der Waals surface area contributed by atoms with Crippen molar-refractivity contribution in [2.45, 2.75) is 6.92 Å². The molecule has 0 aliphatic heterocycles. The van der Waals surface area contributed by atoms with E-state index in [2.05, 4.69) is 20.9 Å². The second-order valence-electron chi connectivity index (χ2n) is 1.53. The summed E-state index contributed by atoms with van der Waals surface area (Å²) in [5.74, 6) is 0.280. The van der Waals surface area contributed by atoms with Crippen molar-refractivity contribution in [3.05, 3.63) is 16.3 Å². The van der Waals surface area contributed by atoms with E-state index in [1.807, 2.05) is 0 Å². The second kappa shape index (κ2) is 2.31. The highest BCUT2D eigenvalue weighted by Gasteiger charge is 2.03. The number of carbonyl (C=O) groups excluding carboxylic acids is 1.